The van der Waals surface area contributed by atoms with Crippen LogP contribution < -0.4 is 10.2 Å². The van der Waals surface area contributed by atoms with Crippen LogP contribution in [-0.4, -0.2) is 41.9 Å². The summed E-state index contributed by atoms with van der Waals surface area (Å²) in [6.07, 6.45) is 7.82. The van der Waals surface area contributed by atoms with Crippen LogP contribution in [0.5, 0.6) is 0 Å². The standard InChI is InChI=1S/C26H34N4O3/c1-28(22-10-3-2-4-11-22)19-21-9-5-6-12-23(21)27-26(31)20-15-17-29(18-16-20)24-13-7-8-14-25(24)30(32)33/h5-9,12-14,20,22H,2-4,10-11,15-19H2,1H3,(H,27,31). The normalized spacial score (nSPS) is 17.8. The van der Waals surface area contributed by atoms with Gasteiger partial charge < -0.3 is 10.2 Å². The molecule has 0 radical (unpaired) electrons. The fourth-order valence-corrected chi connectivity index (χ4v) is 5.20. The summed E-state index contributed by atoms with van der Waals surface area (Å²) >= 11 is 0. The van der Waals surface area contributed by atoms with Gasteiger partial charge in [-0.05, 0) is 50.4 Å². The highest BCUT2D eigenvalue weighted by atomic mass is 16.6. The lowest BCUT2D eigenvalue weighted by Gasteiger charge is -2.33. The second kappa shape index (κ2) is 10.8. The Bertz CT molecular complexity index is 966. The van der Waals surface area contributed by atoms with Gasteiger partial charge in [-0.3, -0.25) is 19.8 Å². The van der Waals surface area contributed by atoms with Crippen molar-refractivity contribution in [3.63, 3.8) is 0 Å². The maximum Gasteiger partial charge on any atom is 0.292 e. The average Bonchev–Trinajstić information content (AvgIpc) is 2.85. The highest BCUT2D eigenvalue weighted by Gasteiger charge is 2.28. The van der Waals surface area contributed by atoms with Crippen LogP contribution in [0.25, 0.3) is 0 Å². The van der Waals surface area contributed by atoms with E-state index in [-0.39, 0.29) is 22.4 Å². The Kier molecular flexibility index (Phi) is 7.60. The summed E-state index contributed by atoms with van der Waals surface area (Å²) in [5, 5.41) is 14.5. The highest BCUT2D eigenvalue weighted by Crippen LogP contribution is 2.32. The molecule has 0 atom stereocenters. The molecular weight excluding hydrogens is 416 g/mol. The number of nitrogens with one attached hydrogen (secondary N) is 1. The van der Waals surface area contributed by atoms with Crippen molar-refractivity contribution >= 4 is 23.0 Å². The number of hydrogen-bond donors (Lipinski definition) is 1. The van der Waals surface area contributed by atoms with Crippen molar-refractivity contribution in [3.05, 3.63) is 64.2 Å². The second-order valence-electron chi connectivity index (χ2n) is 9.36. The number of piperidine rings is 1. The minimum absolute atomic E-state index is 0.0463. The van der Waals surface area contributed by atoms with Gasteiger partial charge in [0.15, 0.2) is 0 Å². The second-order valence-corrected chi connectivity index (χ2v) is 9.36. The van der Waals surface area contributed by atoms with E-state index in [1.54, 1.807) is 12.1 Å². The molecule has 7 heteroatoms. The lowest BCUT2D eigenvalue weighted by Crippen LogP contribution is -2.38. The molecule has 1 saturated heterocycles. The summed E-state index contributed by atoms with van der Waals surface area (Å²) in [6.45, 7) is 2.10. The third kappa shape index (κ3) is 5.71. The summed E-state index contributed by atoms with van der Waals surface area (Å²) in [4.78, 5) is 28.5. The fraction of sp³-hybridized carbons (Fsp3) is 0.500. The largest absolute Gasteiger partial charge is 0.366 e. The van der Waals surface area contributed by atoms with Crippen molar-refractivity contribution < 1.29 is 9.72 Å². The quantitative estimate of drug-likeness (QED) is 0.462. The molecule has 2 aliphatic rings. The van der Waals surface area contributed by atoms with E-state index in [1.807, 2.05) is 29.2 Å². The molecule has 1 N–H and O–H groups in total. The molecule has 2 aromatic rings. The van der Waals surface area contributed by atoms with E-state index in [0.29, 0.717) is 37.7 Å². The average molecular weight is 451 g/mol. The van der Waals surface area contributed by atoms with Crippen molar-refractivity contribution in [1.29, 1.82) is 0 Å². The molecule has 0 bridgehead atoms. The minimum Gasteiger partial charge on any atom is -0.366 e. The van der Waals surface area contributed by atoms with Crippen LogP contribution in [0.3, 0.4) is 0 Å². The van der Waals surface area contributed by atoms with Crippen LogP contribution in [0.15, 0.2) is 48.5 Å². The van der Waals surface area contributed by atoms with Gasteiger partial charge in [0.1, 0.15) is 5.69 Å². The van der Waals surface area contributed by atoms with Crippen LogP contribution in [0, 0.1) is 16.0 Å². The van der Waals surface area contributed by atoms with E-state index in [4.69, 9.17) is 0 Å². The molecule has 33 heavy (non-hydrogen) atoms. The molecular formula is C26H34N4O3. The minimum atomic E-state index is -0.338. The van der Waals surface area contributed by atoms with Gasteiger partial charge in [0.05, 0.1) is 4.92 Å². The number of carbonyl (C=O) groups is 1. The van der Waals surface area contributed by atoms with Gasteiger partial charge >= 0.3 is 0 Å². The number of anilines is 2. The third-order valence-electron chi connectivity index (χ3n) is 7.18. The molecule has 1 aliphatic carbocycles. The molecule has 2 fully saturated rings. The predicted octanol–water partition coefficient (Wildman–Crippen LogP) is 5.21. The molecule has 1 heterocycles. The van der Waals surface area contributed by atoms with E-state index in [2.05, 4.69) is 23.3 Å². The summed E-state index contributed by atoms with van der Waals surface area (Å²) in [6, 6.07) is 15.5. The van der Waals surface area contributed by atoms with Gasteiger partial charge in [-0.2, -0.15) is 0 Å². The van der Waals surface area contributed by atoms with Gasteiger partial charge in [0.2, 0.25) is 5.91 Å². The van der Waals surface area contributed by atoms with Gasteiger partial charge in [0.25, 0.3) is 5.69 Å². The van der Waals surface area contributed by atoms with E-state index in [0.717, 1.165) is 17.8 Å². The van der Waals surface area contributed by atoms with Gasteiger partial charge in [-0.25, -0.2) is 0 Å². The predicted molar refractivity (Wildman–Crippen MR) is 131 cm³/mol. The van der Waals surface area contributed by atoms with Crippen LogP contribution in [0.2, 0.25) is 0 Å². The Morgan fingerprint density at radius 1 is 1.03 bits per heavy atom. The summed E-state index contributed by atoms with van der Waals surface area (Å²) < 4.78 is 0. The number of nitro benzene ring substituents is 1. The van der Waals surface area contributed by atoms with Crippen LogP contribution in [0.1, 0.15) is 50.5 Å². The first-order valence-corrected chi connectivity index (χ1v) is 12.1. The Labute approximate surface area is 195 Å². The molecule has 1 amide bonds. The van der Waals surface area contributed by atoms with E-state index >= 15 is 0 Å². The number of hydrogen-bond acceptors (Lipinski definition) is 5. The zero-order chi connectivity index (χ0) is 23.2. The van der Waals surface area contributed by atoms with Gasteiger partial charge in [-0.1, -0.05) is 49.6 Å². The number of nitrogens with zero attached hydrogens (tertiary/aromatic N) is 3. The van der Waals surface area contributed by atoms with E-state index in [9.17, 15) is 14.9 Å². The molecule has 1 aliphatic heterocycles. The Morgan fingerprint density at radius 3 is 2.42 bits per heavy atom. The zero-order valence-corrected chi connectivity index (χ0v) is 19.4. The van der Waals surface area contributed by atoms with Crippen LogP contribution in [-0.2, 0) is 11.3 Å². The summed E-state index contributed by atoms with van der Waals surface area (Å²) in [5.74, 6) is -0.0434. The Balaban J connectivity index is 1.36. The first-order chi connectivity index (χ1) is 16.0. The maximum atomic E-state index is 13.1. The molecule has 176 valence electrons. The first-order valence-electron chi connectivity index (χ1n) is 12.1. The van der Waals surface area contributed by atoms with Crippen molar-refractivity contribution in [2.24, 2.45) is 5.92 Å². The Morgan fingerprint density at radius 2 is 1.70 bits per heavy atom. The van der Waals surface area contributed by atoms with Crippen molar-refractivity contribution in [2.75, 3.05) is 30.4 Å². The fourth-order valence-electron chi connectivity index (χ4n) is 5.20. The summed E-state index contributed by atoms with van der Waals surface area (Å²) in [7, 11) is 2.19. The molecule has 7 nitrogen and oxygen atoms in total. The monoisotopic (exact) mass is 450 g/mol. The molecule has 4 rings (SSSR count). The number of para-hydroxylation sites is 3. The van der Waals surface area contributed by atoms with E-state index in [1.165, 1.54) is 38.2 Å². The first kappa shape index (κ1) is 23.2. The molecule has 0 spiro atoms. The van der Waals surface area contributed by atoms with Crippen molar-refractivity contribution in [1.82, 2.24) is 4.90 Å². The van der Waals surface area contributed by atoms with Gasteiger partial charge in [0, 0.05) is 43.3 Å². The maximum absolute atomic E-state index is 13.1. The number of amides is 1. The van der Waals surface area contributed by atoms with Crippen LogP contribution in [0.4, 0.5) is 17.1 Å². The third-order valence-corrected chi connectivity index (χ3v) is 7.18. The molecule has 0 unspecified atom stereocenters. The van der Waals surface area contributed by atoms with E-state index < -0.39 is 0 Å². The van der Waals surface area contributed by atoms with Crippen LogP contribution >= 0.6 is 0 Å². The lowest BCUT2D eigenvalue weighted by atomic mass is 9.94. The summed E-state index contributed by atoms with van der Waals surface area (Å²) in [5.41, 5.74) is 2.80. The molecule has 1 saturated carbocycles. The smallest absolute Gasteiger partial charge is 0.292 e. The van der Waals surface area contributed by atoms with Gasteiger partial charge in [-0.15, -0.1) is 0 Å². The number of rotatable bonds is 7. The van der Waals surface area contributed by atoms with Crippen molar-refractivity contribution in [3.8, 4) is 0 Å². The Hall–Kier alpha value is -2.93. The SMILES string of the molecule is CN(Cc1ccccc1NC(=O)C1CCN(c2ccccc2[N+](=O)[O-])CC1)C1CCCCC1. The van der Waals surface area contributed by atoms with Crippen molar-refractivity contribution in [2.45, 2.75) is 57.5 Å². The highest BCUT2D eigenvalue weighted by molar-refractivity contribution is 5.93. The number of carbonyl (C=O) groups excluding carboxylic acids is 1. The topological polar surface area (TPSA) is 78.7 Å². The number of benzene rings is 2. The lowest BCUT2D eigenvalue weighted by molar-refractivity contribution is -0.384. The molecule has 0 aromatic heterocycles. The molecule has 2 aromatic carbocycles. The number of nitro groups is 1. The zero-order valence-electron chi connectivity index (χ0n) is 19.4.